The number of nitrogens with zero attached hydrogens (tertiary/aromatic N) is 2. The van der Waals surface area contributed by atoms with Crippen LogP contribution in [-0.2, 0) is 29.1 Å². The maximum absolute atomic E-state index is 12.5. The number of hydrogen-bond donors (Lipinski definition) is 2. The Labute approximate surface area is 166 Å². The smallest absolute Gasteiger partial charge is 0.237 e. The highest BCUT2D eigenvalue weighted by Crippen LogP contribution is 2.16. The van der Waals surface area contributed by atoms with Crippen molar-refractivity contribution in [2.24, 2.45) is 0 Å². The van der Waals surface area contributed by atoms with E-state index in [1.54, 1.807) is 0 Å². The van der Waals surface area contributed by atoms with Gasteiger partial charge >= 0.3 is 0 Å². The fraction of sp³-hybridized carbons (Fsp3) is 0.409. The average Bonchev–Trinajstić information content (AvgIpc) is 2.71. The van der Waals surface area contributed by atoms with Crippen LogP contribution in [0.4, 0.5) is 0 Å². The summed E-state index contributed by atoms with van der Waals surface area (Å²) in [5, 5.41) is 5.77. The summed E-state index contributed by atoms with van der Waals surface area (Å²) in [6.45, 7) is 6.52. The zero-order valence-corrected chi connectivity index (χ0v) is 16.6. The minimum atomic E-state index is -0.455. The monoisotopic (exact) mass is 380 g/mol. The van der Waals surface area contributed by atoms with Crippen LogP contribution in [0.1, 0.15) is 35.7 Å². The molecule has 6 heteroatoms. The molecule has 6 nitrogen and oxygen atoms in total. The van der Waals surface area contributed by atoms with E-state index in [2.05, 4.69) is 46.5 Å². The number of pyridine rings is 1. The van der Waals surface area contributed by atoms with E-state index >= 15 is 0 Å². The van der Waals surface area contributed by atoms with E-state index in [9.17, 15) is 9.59 Å². The van der Waals surface area contributed by atoms with Gasteiger partial charge in [0.1, 0.15) is 0 Å². The van der Waals surface area contributed by atoms with Gasteiger partial charge in [-0.3, -0.25) is 19.5 Å². The van der Waals surface area contributed by atoms with E-state index in [4.69, 9.17) is 0 Å². The van der Waals surface area contributed by atoms with Crippen molar-refractivity contribution in [3.63, 3.8) is 0 Å². The molecule has 1 fully saturated rings. The minimum absolute atomic E-state index is 0.0830. The normalized spacial score (nSPS) is 17.2. The zero-order chi connectivity index (χ0) is 19.9. The molecule has 1 aliphatic heterocycles. The molecule has 1 atom stereocenters. The molecule has 0 spiro atoms. The predicted octanol–water partition coefficient (Wildman–Crippen LogP) is 1.96. The Hall–Kier alpha value is -2.73. The van der Waals surface area contributed by atoms with Gasteiger partial charge in [0.25, 0.3) is 0 Å². The van der Waals surface area contributed by atoms with Gasteiger partial charge in [0.05, 0.1) is 24.7 Å². The highest BCUT2D eigenvalue weighted by molar-refractivity contribution is 5.88. The second-order valence-electron chi connectivity index (χ2n) is 7.20. The molecule has 1 aromatic carbocycles. The summed E-state index contributed by atoms with van der Waals surface area (Å²) >= 11 is 0. The van der Waals surface area contributed by atoms with Crippen LogP contribution in [0.25, 0.3) is 0 Å². The van der Waals surface area contributed by atoms with Gasteiger partial charge in [0.15, 0.2) is 0 Å². The lowest BCUT2D eigenvalue weighted by molar-refractivity contribution is -0.134. The van der Waals surface area contributed by atoms with Crippen molar-refractivity contribution in [2.45, 2.75) is 45.8 Å². The number of aryl methyl sites for hydroxylation is 2. The number of carbonyl (C=O) groups is 2. The van der Waals surface area contributed by atoms with Crippen LogP contribution in [0.5, 0.6) is 0 Å². The highest BCUT2D eigenvalue weighted by Gasteiger charge is 2.31. The molecule has 0 radical (unpaired) electrons. The van der Waals surface area contributed by atoms with Crippen LogP contribution in [0.2, 0.25) is 0 Å². The molecule has 2 aromatic rings. The number of hydrogen-bond acceptors (Lipinski definition) is 4. The first-order valence-electron chi connectivity index (χ1n) is 9.83. The van der Waals surface area contributed by atoms with Crippen molar-refractivity contribution < 1.29 is 9.59 Å². The van der Waals surface area contributed by atoms with Gasteiger partial charge in [-0.25, -0.2) is 0 Å². The quantitative estimate of drug-likeness (QED) is 0.770. The van der Waals surface area contributed by atoms with Crippen molar-refractivity contribution in [3.05, 3.63) is 65.0 Å². The fourth-order valence-electron chi connectivity index (χ4n) is 3.39. The third kappa shape index (κ3) is 5.16. The van der Waals surface area contributed by atoms with Crippen molar-refractivity contribution in [1.29, 1.82) is 0 Å². The first-order valence-corrected chi connectivity index (χ1v) is 9.83. The van der Waals surface area contributed by atoms with Crippen LogP contribution < -0.4 is 10.6 Å². The molecule has 1 unspecified atom stereocenters. The molecule has 0 aliphatic carbocycles. The van der Waals surface area contributed by atoms with Gasteiger partial charge < -0.3 is 10.6 Å². The SMILES string of the molecule is CCc1ccc(CNC(=O)CC2C(=O)NCCN2Cc2ccccc2C)nc1. The lowest BCUT2D eigenvalue weighted by Gasteiger charge is -2.35. The molecule has 1 saturated heterocycles. The number of amides is 2. The van der Waals surface area contributed by atoms with E-state index in [1.165, 1.54) is 16.7 Å². The molecular weight excluding hydrogens is 352 g/mol. The Morgan fingerprint density at radius 3 is 2.82 bits per heavy atom. The number of aromatic nitrogens is 1. The van der Waals surface area contributed by atoms with Crippen LogP contribution in [0, 0.1) is 6.92 Å². The molecule has 1 aromatic heterocycles. The Balaban J connectivity index is 1.59. The summed E-state index contributed by atoms with van der Waals surface area (Å²) in [6, 6.07) is 11.6. The van der Waals surface area contributed by atoms with E-state index in [0.29, 0.717) is 19.6 Å². The van der Waals surface area contributed by atoms with Gasteiger partial charge in [0, 0.05) is 25.8 Å². The lowest BCUT2D eigenvalue weighted by Crippen LogP contribution is -2.56. The van der Waals surface area contributed by atoms with Gasteiger partial charge in [0.2, 0.25) is 11.8 Å². The molecule has 2 heterocycles. The maximum Gasteiger partial charge on any atom is 0.237 e. The first-order chi connectivity index (χ1) is 13.6. The summed E-state index contributed by atoms with van der Waals surface area (Å²) in [6.07, 6.45) is 2.91. The van der Waals surface area contributed by atoms with Crippen molar-refractivity contribution in [3.8, 4) is 0 Å². The van der Waals surface area contributed by atoms with E-state index in [0.717, 1.165) is 18.7 Å². The number of piperazine rings is 1. The Morgan fingerprint density at radius 2 is 2.11 bits per heavy atom. The molecule has 0 bridgehead atoms. The number of carbonyl (C=O) groups excluding carboxylic acids is 2. The molecule has 2 N–H and O–H groups in total. The standard InChI is InChI=1S/C22H28N4O2/c1-3-17-8-9-19(24-13-17)14-25-21(27)12-20-22(28)23-10-11-26(20)15-18-7-5-4-6-16(18)2/h4-9,13,20H,3,10-12,14-15H2,1-2H3,(H,23,28)(H,25,27). The molecule has 28 heavy (non-hydrogen) atoms. The third-order valence-corrected chi connectivity index (χ3v) is 5.22. The Morgan fingerprint density at radius 1 is 1.29 bits per heavy atom. The molecule has 0 saturated carbocycles. The molecule has 1 aliphatic rings. The highest BCUT2D eigenvalue weighted by atomic mass is 16.2. The number of benzene rings is 1. The van der Waals surface area contributed by atoms with E-state index in [1.807, 2.05) is 30.5 Å². The fourth-order valence-corrected chi connectivity index (χ4v) is 3.39. The predicted molar refractivity (Wildman–Crippen MR) is 108 cm³/mol. The van der Waals surface area contributed by atoms with Crippen LogP contribution in [0.15, 0.2) is 42.6 Å². The van der Waals surface area contributed by atoms with E-state index < -0.39 is 6.04 Å². The molecular formula is C22H28N4O2. The van der Waals surface area contributed by atoms with Gasteiger partial charge in [-0.05, 0) is 36.1 Å². The van der Waals surface area contributed by atoms with Gasteiger partial charge in [-0.15, -0.1) is 0 Å². The summed E-state index contributed by atoms with van der Waals surface area (Å²) < 4.78 is 0. The second kappa shape index (κ2) is 9.46. The van der Waals surface area contributed by atoms with Crippen molar-refractivity contribution >= 4 is 11.8 Å². The Bertz CT molecular complexity index is 820. The van der Waals surface area contributed by atoms with Crippen LogP contribution in [-0.4, -0.2) is 40.8 Å². The molecule has 148 valence electrons. The van der Waals surface area contributed by atoms with E-state index in [-0.39, 0.29) is 18.2 Å². The lowest BCUT2D eigenvalue weighted by atomic mass is 10.0. The Kier molecular flexibility index (Phi) is 6.76. The summed E-state index contributed by atoms with van der Waals surface area (Å²) in [5.41, 5.74) is 4.36. The zero-order valence-electron chi connectivity index (χ0n) is 16.6. The van der Waals surface area contributed by atoms with Crippen molar-refractivity contribution in [2.75, 3.05) is 13.1 Å². The average molecular weight is 380 g/mol. The third-order valence-electron chi connectivity index (χ3n) is 5.22. The van der Waals surface area contributed by atoms with Gasteiger partial charge in [-0.1, -0.05) is 37.3 Å². The minimum Gasteiger partial charge on any atom is -0.353 e. The maximum atomic E-state index is 12.5. The summed E-state index contributed by atoms with van der Waals surface area (Å²) in [4.78, 5) is 31.3. The second-order valence-corrected chi connectivity index (χ2v) is 7.20. The summed E-state index contributed by atoms with van der Waals surface area (Å²) in [7, 11) is 0. The number of nitrogens with one attached hydrogen (secondary N) is 2. The summed E-state index contributed by atoms with van der Waals surface area (Å²) in [5.74, 6) is -0.224. The largest absolute Gasteiger partial charge is 0.353 e. The molecule has 2 amide bonds. The number of rotatable bonds is 7. The first kappa shape index (κ1) is 20.0. The molecule has 3 rings (SSSR count). The van der Waals surface area contributed by atoms with Crippen LogP contribution in [0.3, 0.4) is 0 Å². The van der Waals surface area contributed by atoms with Gasteiger partial charge in [-0.2, -0.15) is 0 Å². The van der Waals surface area contributed by atoms with Crippen molar-refractivity contribution in [1.82, 2.24) is 20.5 Å². The van der Waals surface area contributed by atoms with Crippen LogP contribution >= 0.6 is 0 Å². The topological polar surface area (TPSA) is 74.3 Å².